The van der Waals surface area contributed by atoms with Crippen LogP contribution in [0.1, 0.15) is 46.0 Å². The van der Waals surface area contributed by atoms with Gasteiger partial charge in [0.2, 0.25) is 0 Å². The number of hydrogen-bond acceptors (Lipinski definition) is 5. The molecule has 1 aliphatic rings. The Balaban J connectivity index is 1.46. The maximum atomic E-state index is 12.6. The summed E-state index contributed by atoms with van der Waals surface area (Å²) < 4.78 is 0. The van der Waals surface area contributed by atoms with Crippen molar-refractivity contribution in [1.82, 2.24) is 9.97 Å². The monoisotopic (exact) mass is 385 g/mol. The van der Waals surface area contributed by atoms with Crippen LogP contribution >= 0.6 is 0 Å². The molecule has 0 aliphatic carbocycles. The molecule has 0 saturated heterocycles. The number of carbonyl (C=O) groups excluding carboxylic acids is 1. The number of ketones is 1. The first-order chi connectivity index (χ1) is 14.1. The molecule has 0 bridgehead atoms. The smallest absolute Gasteiger partial charge is 0.139 e. The van der Waals surface area contributed by atoms with E-state index in [1.165, 1.54) is 0 Å². The predicted molar refractivity (Wildman–Crippen MR) is 112 cm³/mol. The van der Waals surface area contributed by atoms with Crippen LogP contribution in [0.3, 0.4) is 0 Å². The lowest BCUT2D eigenvalue weighted by Crippen LogP contribution is -2.13. The van der Waals surface area contributed by atoms with Crippen molar-refractivity contribution in [2.24, 2.45) is 4.99 Å². The molecule has 1 aliphatic heterocycles. The molecule has 5 nitrogen and oxygen atoms in total. The minimum absolute atomic E-state index is 0.0457. The van der Waals surface area contributed by atoms with Crippen molar-refractivity contribution in [2.75, 3.05) is 6.61 Å². The predicted octanol–water partition coefficient (Wildman–Crippen LogP) is 3.41. The molecule has 2 aromatic heterocycles. The fourth-order valence-electron chi connectivity index (χ4n) is 3.74. The summed E-state index contributed by atoms with van der Waals surface area (Å²) in [6.45, 7) is 2.51. The fraction of sp³-hybridized carbons (Fsp3) is 0.250. The number of aliphatic hydroxyl groups excluding tert-OH is 1. The topological polar surface area (TPSA) is 75.4 Å². The van der Waals surface area contributed by atoms with Gasteiger partial charge in [0.25, 0.3) is 0 Å². The molecular weight excluding hydrogens is 362 g/mol. The standard InChI is InChI=1S/C24H23N3O2/c1-16-9-18(7-8-25-16)24-23-14-26-21(10-19(23)13-27-24)12-22(29)11-20(15-28)17-5-3-2-4-6-17/h2-10,14,20,28H,11-13,15H2,1H3/t20-/m1/s1. The Labute approximate surface area is 170 Å². The first kappa shape index (κ1) is 19.2. The van der Waals surface area contributed by atoms with E-state index in [1.807, 2.05) is 61.7 Å². The zero-order valence-electron chi connectivity index (χ0n) is 16.4. The van der Waals surface area contributed by atoms with Crippen molar-refractivity contribution in [3.63, 3.8) is 0 Å². The normalized spacial score (nSPS) is 13.7. The lowest BCUT2D eigenvalue weighted by atomic mass is 9.93. The van der Waals surface area contributed by atoms with Crippen LogP contribution in [0.2, 0.25) is 0 Å². The van der Waals surface area contributed by atoms with Gasteiger partial charge in [-0.3, -0.25) is 19.8 Å². The Morgan fingerprint density at radius 3 is 2.72 bits per heavy atom. The van der Waals surface area contributed by atoms with E-state index in [1.54, 1.807) is 6.20 Å². The highest BCUT2D eigenvalue weighted by atomic mass is 16.3. The van der Waals surface area contributed by atoms with Gasteiger partial charge in [-0.1, -0.05) is 30.3 Å². The van der Waals surface area contributed by atoms with Crippen LogP contribution in [0, 0.1) is 6.92 Å². The highest BCUT2D eigenvalue weighted by molar-refractivity contribution is 6.15. The fourth-order valence-corrected chi connectivity index (χ4v) is 3.74. The minimum Gasteiger partial charge on any atom is -0.396 e. The van der Waals surface area contributed by atoms with Crippen molar-refractivity contribution < 1.29 is 9.90 Å². The molecule has 3 aromatic rings. The van der Waals surface area contributed by atoms with Crippen LogP contribution in [0.4, 0.5) is 0 Å². The van der Waals surface area contributed by atoms with Crippen molar-refractivity contribution in [1.29, 1.82) is 0 Å². The van der Waals surface area contributed by atoms with Gasteiger partial charge >= 0.3 is 0 Å². The third-order valence-corrected chi connectivity index (χ3v) is 5.22. The summed E-state index contributed by atoms with van der Waals surface area (Å²) in [5, 5.41) is 9.69. The highest BCUT2D eigenvalue weighted by Crippen LogP contribution is 2.24. The van der Waals surface area contributed by atoms with Crippen molar-refractivity contribution in [3.8, 4) is 0 Å². The molecule has 1 aromatic carbocycles. The van der Waals surface area contributed by atoms with E-state index in [-0.39, 0.29) is 24.7 Å². The van der Waals surface area contributed by atoms with Crippen molar-refractivity contribution in [2.45, 2.75) is 32.2 Å². The second kappa shape index (κ2) is 8.45. The zero-order valence-corrected chi connectivity index (χ0v) is 16.4. The summed E-state index contributed by atoms with van der Waals surface area (Å²) in [7, 11) is 0. The van der Waals surface area contributed by atoms with Gasteiger partial charge in [-0.15, -0.1) is 0 Å². The average Bonchev–Trinajstić information content (AvgIpc) is 3.16. The molecule has 0 fully saturated rings. The van der Waals surface area contributed by atoms with Gasteiger partial charge < -0.3 is 5.11 Å². The van der Waals surface area contributed by atoms with E-state index in [0.717, 1.165) is 39.4 Å². The molecule has 1 N–H and O–H groups in total. The molecule has 3 heterocycles. The van der Waals surface area contributed by atoms with Gasteiger partial charge in [0.15, 0.2) is 0 Å². The van der Waals surface area contributed by atoms with Crippen LogP contribution in [-0.2, 0) is 17.8 Å². The molecule has 0 spiro atoms. The Bertz CT molecular complexity index is 1060. The number of aryl methyl sites for hydroxylation is 1. The van der Waals surface area contributed by atoms with Gasteiger partial charge in [-0.2, -0.15) is 0 Å². The van der Waals surface area contributed by atoms with Crippen LogP contribution in [0.25, 0.3) is 0 Å². The second-order valence-corrected chi connectivity index (χ2v) is 7.39. The van der Waals surface area contributed by atoms with Crippen molar-refractivity contribution in [3.05, 3.63) is 94.6 Å². The number of nitrogens with zero attached hydrogens (tertiary/aromatic N) is 3. The minimum atomic E-state index is -0.178. The number of Topliss-reactive ketones (excluding diaryl/α,β-unsaturated/α-hetero) is 1. The summed E-state index contributed by atoms with van der Waals surface area (Å²) in [6, 6.07) is 15.6. The van der Waals surface area contributed by atoms with E-state index in [0.29, 0.717) is 13.0 Å². The van der Waals surface area contributed by atoms with E-state index >= 15 is 0 Å². The van der Waals surface area contributed by atoms with Gasteiger partial charge in [-0.25, -0.2) is 0 Å². The molecule has 0 amide bonds. The van der Waals surface area contributed by atoms with Crippen molar-refractivity contribution >= 4 is 11.5 Å². The number of aliphatic hydroxyl groups is 1. The molecule has 29 heavy (non-hydrogen) atoms. The molecule has 0 radical (unpaired) electrons. The number of hydrogen-bond donors (Lipinski definition) is 1. The average molecular weight is 385 g/mol. The second-order valence-electron chi connectivity index (χ2n) is 7.39. The first-order valence-corrected chi connectivity index (χ1v) is 9.77. The zero-order chi connectivity index (χ0) is 20.2. The SMILES string of the molecule is Cc1cc(C2=NCc3cc(CC(=O)C[C@H](CO)c4ccccc4)ncc32)ccn1. The Morgan fingerprint density at radius 1 is 1.14 bits per heavy atom. The third kappa shape index (κ3) is 4.30. The van der Waals surface area contributed by atoms with E-state index in [2.05, 4.69) is 15.0 Å². The number of rotatable bonds is 7. The molecule has 0 saturated carbocycles. The molecule has 0 unspecified atom stereocenters. The molecular formula is C24H23N3O2. The first-order valence-electron chi connectivity index (χ1n) is 9.77. The number of pyridine rings is 2. The summed E-state index contributed by atoms with van der Waals surface area (Å²) >= 11 is 0. The molecule has 4 rings (SSSR count). The highest BCUT2D eigenvalue weighted by Gasteiger charge is 2.20. The van der Waals surface area contributed by atoms with E-state index in [9.17, 15) is 9.90 Å². The summed E-state index contributed by atoms with van der Waals surface area (Å²) in [5.41, 5.74) is 6.76. The summed E-state index contributed by atoms with van der Waals surface area (Å²) in [4.78, 5) is 26.0. The number of aliphatic imine (C=N–C) groups is 1. The van der Waals surface area contributed by atoms with Gasteiger partial charge in [0.05, 0.1) is 18.9 Å². The molecule has 146 valence electrons. The van der Waals surface area contributed by atoms with E-state index < -0.39 is 0 Å². The van der Waals surface area contributed by atoms with Crippen LogP contribution in [0.5, 0.6) is 0 Å². The van der Waals surface area contributed by atoms with Crippen LogP contribution in [0.15, 0.2) is 65.9 Å². The van der Waals surface area contributed by atoms with Gasteiger partial charge in [-0.05, 0) is 36.2 Å². The third-order valence-electron chi connectivity index (χ3n) is 5.22. The summed E-state index contributed by atoms with van der Waals surface area (Å²) in [6.07, 6.45) is 4.17. The van der Waals surface area contributed by atoms with Gasteiger partial charge in [0.1, 0.15) is 5.78 Å². The van der Waals surface area contributed by atoms with E-state index in [4.69, 9.17) is 0 Å². The summed E-state index contributed by atoms with van der Waals surface area (Å²) in [5.74, 6) is -0.104. The van der Waals surface area contributed by atoms with Crippen LogP contribution in [-0.4, -0.2) is 33.2 Å². The molecule has 5 heteroatoms. The van der Waals surface area contributed by atoms with Gasteiger partial charge in [0, 0.05) is 53.7 Å². The largest absolute Gasteiger partial charge is 0.396 e. The lowest BCUT2D eigenvalue weighted by Gasteiger charge is -2.13. The number of benzene rings is 1. The quantitative estimate of drug-likeness (QED) is 0.676. The molecule has 1 atom stereocenters. The number of carbonyl (C=O) groups is 1. The Hall–Kier alpha value is -3.18. The maximum absolute atomic E-state index is 12.6. The Morgan fingerprint density at radius 2 is 1.97 bits per heavy atom. The maximum Gasteiger partial charge on any atom is 0.139 e. The van der Waals surface area contributed by atoms with Crippen LogP contribution < -0.4 is 0 Å². The number of aromatic nitrogens is 2. The Kier molecular flexibility index (Phi) is 5.58. The number of fused-ring (bicyclic) bond motifs is 1. The lowest BCUT2D eigenvalue weighted by molar-refractivity contribution is -0.119.